The lowest BCUT2D eigenvalue weighted by molar-refractivity contribution is 0.516. The lowest BCUT2D eigenvalue weighted by Gasteiger charge is -2.18. The van der Waals surface area contributed by atoms with Crippen molar-refractivity contribution in [3.8, 4) is 0 Å². The van der Waals surface area contributed by atoms with Crippen LogP contribution in [-0.4, -0.2) is 9.55 Å². The molecule has 0 saturated heterocycles. The largest absolute Gasteiger partial charge is 0.337 e. The maximum Gasteiger partial charge on any atom is 0.114 e. The highest BCUT2D eigenvalue weighted by molar-refractivity contribution is 5.16. The van der Waals surface area contributed by atoms with Crippen molar-refractivity contribution < 1.29 is 0 Å². The third kappa shape index (κ3) is 2.17. The minimum absolute atomic E-state index is 0.123. The number of hydrogen-bond donors (Lipinski definition) is 0. The van der Waals surface area contributed by atoms with Gasteiger partial charge < -0.3 is 4.57 Å². The molecule has 0 unspecified atom stereocenters. The molecule has 0 spiro atoms. The lowest BCUT2D eigenvalue weighted by atomic mass is 9.92. The fourth-order valence-corrected chi connectivity index (χ4v) is 1.52. The van der Waals surface area contributed by atoms with E-state index >= 15 is 0 Å². The Morgan fingerprint density at radius 2 is 1.50 bits per heavy atom. The molecule has 0 amide bonds. The van der Waals surface area contributed by atoms with E-state index in [1.54, 1.807) is 0 Å². The Hall–Kier alpha value is -0.790. The van der Waals surface area contributed by atoms with Crippen LogP contribution in [0.2, 0.25) is 0 Å². The Kier molecular flexibility index (Phi) is 2.51. The monoisotopic (exact) mass is 194 g/mol. The van der Waals surface area contributed by atoms with Gasteiger partial charge in [0, 0.05) is 24.1 Å². The standard InChI is InChI=1S/C12H22N2/c1-11(2,3)9-8-14(7)10(13-9)12(4,5)6/h8H,1-7H3. The Labute approximate surface area is 87.4 Å². The Bertz CT molecular complexity index is 321. The summed E-state index contributed by atoms with van der Waals surface area (Å²) < 4.78 is 2.14. The molecule has 0 aliphatic rings. The SMILES string of the molecule is Cn1cc(C(C)(C)C)nc1C(C)(C)C. The zero-order valence-electron chi connectivity index (χ0n) is 10.5. The molecule has 0 N–H and O–H groups in total. The summed E-state index contributed by atoms with van der Waals surface area (Å²) in [7, 11) is 2.07. The molecule has 0 aliphatic carbocycles. The van der Waals surface area contributed by atoms with E-state index in [0.29, 0.717) is 0 Å². The molecule has 1 aromatic rings. The van der Waals surface area contributed by atoms with E-state index in [1.807, 2.05) is 0 Å². The Morgan fingerprint density at radius 3 is 1.71 bits per heavy atom. The van der Waals surface area contributed by atoms with E-state index < -0.39 is 0 Å². The van der Waals surface area contributed by atoms with Crippen LogP contribution < -0.4 is 0 Å². The molecule has 1 heterocycles. The second kappa shape index (κ2) is 3.11. The van der Waals surface area contributed by atoms with Gasteiger partial charge in [0.25, 0.3) is 0 Å². The number of rotatable bonds is 0. The van der Waals surface area contributed by atoms with E-state index in [0.717, 1.165) is 5.82 Å². The van der Waals surface area contributed by atoms with Crippen molar-refractivity contribution >= 4 is 0 Å². The molecule has 2 heteroatoms. The van der Waals surface area contributed by atoms with Crippen LogP contribution in [0.5, 0.6) is 0 Å². The molecule has 2 nitrogen and oxygen atoms in total. The summed E-state index contributed by atoms with van der Waals surface area (Å²) in [4.78, 5) is 4.72. The average Bonchev–Trinajstić information content (AvgIpc) is 2.27. The van der Waals surface area contributed by atoms with Gasteiger partial charge in [0.2, 0.25) is 0 Å². The summed E-state index contributed by atoms with van der Waals surface area (Å²) in [5.41, 5.74) is 1.43. The third-order valence-corrected chi connectivity index (χ3v) is 2.32. The molecular weight excluding hydrogens is 172 g/mol. The predicted octanol–water partition coefficient (Wildman–Crippen LogP) is 3.02. The van der Waals surface area contributed by atoms with Crippen molar-refractivity contribution in [2.75, 3.05) is 0 Å². The summed E-state index contributed by atoms with van der Waals surface area (Å²) in [5.74, 6) is 1.16. The highest BCUT2D eigenvalue weighted by Gasteiger charge is 2.24. The topological polar surface area (TPSA) is 17.8 Å². The van der Waals surface area contributed by atoms with Gasteiger partial charge in [-0.1, -0.05) is 41.5 Å². The van der Waals surface area contributed by atoms with Gasteiger partial charge in [-0.3, -0.25) is 0 Å². The van der Waals surface area contributed by atoms with Crippen LogP contribution in [0, 0.1) is 0 Å². The van der Waals surface area contributed by atoms with Gasteiger partial charge in [-0.2, -0.15) is 0 Å². The summed E-state index contributed by atoms with van der Waals surface area (Å²) in [6.45, 7) is 13.2. The van der Waals surface area contributed by atoms with E-state index in [2.05, 4.69) is 59.4 Å². The fraction of sp³-hybridized carbons (Fsp3) is 0.750. The van der Waals surface area contributed by atoms with Gasteiger partial charge >= 0.3 is 0 Å². The highest BCUT2D eigenvalue weighted by Crippen LogP contribution is 2.26. The lowest BCUT2D eigenvalue weighted by Crippen LogP contribution is -2.18. The third-order valence-electron chi connectivity index (χ3n) is 2.32. The highest BCUT2D eigenvalue weighted by atomic mass is 15.1. The second-order valence-corrected chi connectivity index (χ2v) is 6.06. The second-order valence-electron chi connectivity index (χ2n) is 6.06. The quantitative estimate of drug-likeness (QED) is 0.621. The molecule has 80 valence electrons. The minimum atomic E-state index is 0.123. The molecule has 0 atom stereocenters. The van der Waals surface area contributed by atoms with Crippen LogP contribution in [0.25, 0.3) is 0 Å². The zero-order chi connectivity index (χ0) is 11.1. The first-order chi connectivity index (χ1) is 6.12. The Morgan fingerprint density at radius 1 is 1.00 bits per heavy atom. The number of aromatic nitrogens is 2. The van der Waals surface area contributed by atoms with Gasteiger partial charge in [0.15, 0.2) is 0 Å². The number of hydrogen-bond acceptors (Lipinski definition) is 1. The number of nitrogens with zero attached hydrogens (tertiary/aromatic N) is 2. The normalized spacial score (nSPS) is 13.4. The van der Waals surface area contributed by atoms with Gasteiger partial charge in [-0.15, -0.1) is 0 Å². The molecule has 0 saturated carbocycles. The van der Waals surface area contributed by atoms with Gasteiger partial charge in [0.1, 0.15) is 5.82 Å². The molecule has 1 aromatic heterocycles. The van der Waals surface area contributed by atoms with Crippen molar-refractivity contribution in [3.05, 3.63) is 17.7 Å². The van der Waals surface area contributed by atoms with Crippen LogP contribution in [0.1, 0.15) is 53.1 Å². The minimum Gasteiger partial charge on any atom is -0.337 e. The number of imidazole rings is 1. The first-order valence-corrected chi connectivity index (χ1v) is 5.16. The van der Waals surface area contributed by atoms with E-state index in [1.165, 1.54) is 5.69 Å². The van der Waals surface area contributed by atoms with E-state index in [4.69, 9.17) is 4.98 Å². The maximum atomic E-state index is 4.72. The molecule has 0 aliphatic heterocycles. The Balaban J connectivity index is 3.19. The van der Waals surface area contributed by atoms with Gasteiger partial charge in [-0.25, -0.2) is 4.98 Å². The first kappa shape index (κ1) is 11.3. The van der Waals surface area contributed by atoms with Crippen LogP contribution in [0.4, 0.5) is 0 Å². The zero-order valence-corrected chi connectivity index (χ0v) is 10.5. The average molecular weight is 194 g/mol. The molecular formula is C12H22N2. The van der Waals surface area contributed by atoms with Gasteiger partial charge in [-0.05, 0) is 0 Å². The fourth-order valence-electron chi connectivity index (χ4n) is 1.52. The molecule has 0 fully saturated rings. The van der Waals surface area contributed by atoms with Crippen LogP contribution in [0.15, 0.2) is 6.20 Å². The van der Waals surface area contributed by atoms with Crippen molar-refractivity contribution in [1.29, 1.82) is 0 Å². The van der Waals surface area contributed by atoms with Crippen molar-refractivity contribution in [3.63, 3.8) is 0 Å². The molecule has 14 heavy (non-hydrogen) atoms. The summed E-state index contributed by atoms with van der Waals surface area (Å²) >= 11 is 0. The predicted molar refractivity (Wildman–Crippen MR) is 60.6 cm³/mol. The molecule has 0 aromatic carbocycles. The summed E-state index contributed by atoms with van der Waals surface area (Å²) in [5, 5.41) is 0. The van der Waals surface area contributed by atoms with Crippen molar-refractivity contribution in [2.45, 2.75) is 52.4 Å². The van der Waals surface area contributed by atoms with Crippen molar-refractivity contribution in [2.24, 2.45) is 7.05 Å². The molecule has 0 radical (unpaired) electrons. The maximum absolute atomic E-state index is 4.72. The molecule has 0 bridgehead atoms. The summed E-state index contributed by atoms with van der Waals surface area (Å²) in [6, 6.07) is 0. The van der Waals surface area contributed by atoms with Gasteiger partial charge in [0.05, 0.1) is 5.69 Å². The van der Waals surface area contributed by atoms with Crippen LogP contribution in [0.3, 0.4) is 0 Å². The molecule has 1 rings (SSSR count). The van der Waals surface area contributed by atoms with E-state index in [-0.39, 0.29) is 10.8 Å². The summed E-state index contributed by atoms with van der Waals surface area (Å²) in [6.07, 6.45) is 2.14. The van der Waals surface area contributed by atoms with Crippen molar-refractivity contribution in [1.82, 2.24) is 9.55 Å². The number of aryl methyl sites for hydroxylation is 1. The van der Waals surface area contributed by atoms with Crippen LogP contribution >= 0.6 is 0 Å². The van der Waals surface area contributed by atoms with Crippen LogP contribution in [-0.2, 0) is 17.9 Å². The first-order valence-electron chi connectivity index (χ1n) is 5.16. The van der Waals surface area contributed by atoms with E-state index in [9.17, 15) is 0 Å². The smallest absolute Gasteiger partial charge is 0.114 e.